The highest BCUT2D eigenvalue weighted by molar-refractivity contribution is 5.50. The van der Waals surface area contributed by atoms with Crippen molar-refractivity contribution >= 4 is 5.70 Å². The van der Waals surface area contributed by atoms with Crippen molar-refractivity contribution in [2.45, 2.75) is 12.3 Å². The largest absolute Gasteiger partial charge is 0.393 e. The van der Waals surface area contributed by atoms with E-state index < -0.39 is 23.6 Å². The zero-order valence-electron chi connectivity index (χ0n) is 10.2. The molecular formula is C11H11N5O4. The van der Waals surface area contributed by atoms with E-state index in [0.717, 1.165) is 0 Å². The van der Waals surface area contributed by atoms with Crippen LogP contribution >= 0.6 is 0 Å². The van der Waals surface area contributed by atoms with Crippen molar-refractivity contribution in [3.63, 3.8) is 0 Å². The first-order valence-corrected chi connectivity index (χ1v) is 5.83. The molecule has 0 fully saturated rings. The van der Waals surface area contributed by atoms with Crippen LogP contribution < -0.4 is 11.2 Å². The van der Waals surface area contributed by atoms with Crippen molar-refractivity contribution in [3.05, 3.63) is 51.8 Å². The molecule has 0 amide bonds. The number of aliphatic hydroxyl groups is 1. The third kappa shape index (κ3) is 2.08. The summed E-state index contributed by atoms with van der Waals surface area (Å²) in [7, 11) is 0. The Hall–Kier alpha value is -2.52. The maximum atomic E-state index is 11.8. The molecule has 20 heavy (non-hydrogen) atoms. The van der Waals surface area contributed by atoms with Crippen LogP contribution in [0.5, 0.6) is 0 Å². The van der Waals surface area contributed by atoms with Crippen molar-refractivity contribution in [2.75, 3.05) is 6.61 Å². The number of hydrogen-bond acceptors (Lipinski definition) is 6. The predicted octanol–water partition coefficient (Wildman–Crippen LogP) is -1.44. The van der Waals surface area contributed by atoms with Crippen LogP contribution in [-0.4, -0.2) is 42.1 Å². The fraction of sp³-hybridized carbons (Fsp3) is 0.273. The minimum Gasteiger partial charge on any atom is -0.393 e. The summed E-state index contributed by atoms with van der Waals surface area (Å²) in [6.45, 7) is -0.229. The third-order valence-electron chi connectivity index (χ3n) is 2.88. The molecule has 0 spiro atoms. The normalized spacial score (nSPS) is 21.9. The monoisotopic (exact) mass is 277 g/mol. The average molecular weight is 277 g/mol. The van der Waals surface area contributed by atoms with Gasteiger partial charge in [-0.2, -0.15) is 5.10 Å². The van der Waals surface area contributed by atoms with E-state index in [1.165, 1.54) is 34.2 Å². The number of hydrogen-bond donors (Lipinski definition) is 2. The molecule has 1 aliphatic heterocycles. The van der Waals surface area contributed by atoms with E-state index in [1.54, 1.807) is 6.08 Å². The van der Waals surface area contributed by atoms with Crippen molar-refractivity contribution in [1.82, 2.24) is 24.3 Å². The summed E-state index contributed by atoms with van der Waals surface area (Å²) in [5, 5.41) is 13.2. The molecule has 0 unspecified atom stereocenters. The van der Waals surface area contributed by atoms with E-state index >= 15 is 0 Å². The zero-order chi connectivity index (χ0) is 14.1. The van der Waals surface area contributed by atoms with Gasteiger partial charge in [0, 0.05) is 12.3 Å². The van der Waals surface area contributed by atoms with Crippen LogP contribution in [0.1, 0.15) is 6.23 Å². The van der Waals surface area contributed by atoms with E-state index in [9.17, 15) is 14.7 Å². The molecular weight excluding hydrogens is 266 g/mol. The molecule has 0 saturated carbocycles. The topological polar surface area (TPSA) is 115 Å². The van der Waals surface area contributed by atoms with Gasteiger partial charge in [-0.05, 0) is 6.08 Å². The summed E-state index contributed by atoms with van der Waals surface area (Å²) >= 11 is 0. The summed E-state index contributed by atoms with van der Waals surface area (Å²) in [6.07, 6.45) is 4.43. The molecule has 3 heterocycles. The molecule has 104 valence electrons. The summed E-state index contributed by atoms with van der Waals surface area (Å²) < 4.78 is 8.22. The molecule has 2 aromatic heterocycles. The summed E-state index contributed by atoms with van der Waals surface area (Å²) in [5.41, 5.74) is -0.558. The Bertz CT molecular complexity index is 745. The van der Waals surface area contributed by atoms with Crippen molar-refractivity contribution < 1.29 is 9.84 Å². The molecule has 0 bridgehead atoms. The lowest BCUT2D eigenvalue weighted by atomic mass is 10.3. The quantitative estimate of drug-likeness (QED) is 0.710. The molecule has 2 atom stereocenters. The van der Waals surface area contributed by atoms with E-state index in [0.29, 0.717) is 5.70 Å². The van der Waals surface area contributed by atoms with Crippen LogP contribution in [0.2, 0.25) is 0 Å². The third-order valence-corrected chi connectivity index (χ3v) is 2.88. The highest BCUT2D eigenvalue weighted by Gasteiger charge is 2.30. The Morgan fingerprint density at radius 3 is 2.95 bits per heavy atom. The average Bonchev–Trinajstić information content (AvgIpc) is 3.07. The Morgan fingerprint density at radius 2 is 2.30 bits per heavy atom. The molecule has 0 radical (unpaired) electrons. The van der Waals surface area contributed by atoms with Gasteiger partial charge < -0.3 is 9.84 Å². The Balaban J connectivity index is 2.06. The Morgan fingerprint density at radius 1 is 1.45 bits per heavy atom. The van der Waals surface area contributed by atoms with Gasteiger partial charge in [-0.25, -0.2) is 14.5 Å². The Labute approximate surface area is 111 Å². The number of H-pyrrole nitrogens is 1. The summed E-state index contributed by atoms with van der Waals surface area (Å²) in [4.78, 5) is 28.9. The predicted molar refractivity (Wildman–Crippen MR) is 66.6 cm³/mol. The number of nitrogens with zero attached hydrogens (tertiary/aromatic N) is 4. The van der Waals surface area contributed by atoms with Gasteiger partial charge in [0.1, 0.15) is 18.8 Å². The van der Waals surface area contributed by atoms with Gasteiger partial charge in [-0.15, -0.1) is 0 Å². The fourth-order valence-corrected chi connectivity index (χ4v) is 1.99. The van der Waals surface area contributed by atoms with Gasteiger partial charge in [0.2, 0.25) is 0 Å². The molecule has 0 saturated heterocycles. The number of aliphatic hydroxyl groups excluding tert-OH is 1. The van der Waals surface area contributed by atoms with Gasteiger partial charge in [-0.1, -0.05) is 0 Å². The standard InChI is InChI=1S/C11H11N5O4/c17-4-7-3-8(16-6-12-5-13-16)10(20-7)15-2-1-9(18)14-11(15)19/h1-3,5-7,10,17H,4H2,(H,14,18,19)/t7-,10+/m0/s1. The molecule has 1 aliphatic rings. The minimum absolute atomic E-state index is 0.229. The lowest BCUT2D eigenvalue weighted by molar-refractivity contribution is -0.00870. The number of rotatable bonds is 3. The van der Waals surface area contributed by atoms with Crippen molar-refractivity contribution in [2.24, 2.45) is 0 Å². The maximum Gasteiger partial charge on any atom is 0.330 e. The minimum atomic E-state index is -0.793. The molecule has 0 aliphatic carbocycles. The second-order valence-corrected chi connectivity index (χ2v) is 4.16. The molecule has 3 rings (SSSR count). The smallest absolute Gasteiger partial charge is 0.330 e. The molecule has 0 aromatic carbocycles. The number of aromatic amines is 1. The second-order valence-electron chi connectivity index (χ2n) is 4.16. The number of nitrogens with one attached hydrogen (secondary N) is 1. The van der Waals surface area contributed by atoms with Crippen LogP contribution in [0.25, 0.3) is 5.70 Å². The maximum absolute atomic E-state index is 11.8. The highest BCUT2D eigenvalue weighted by atomic mass is 16.5. The van der Waals surface area contributed by atoms with Gasteiger partial charge >= 0.3 is 5.69 Å². The van der Waals surface area contributed by atoms with Gasteiger partial charge in [0.25, 0.3) is 5.56 Å². The first-order chi connectivity index (χ1) is 9.69. The second kappa shape index (κ2) is 4.87. The van der Waals surface area contributed by atoms with E-state index in [4.69, 9.17) is 4.74 Å². The summed E-state index contributed by atoms with van der Waals surface area (Å²) in [5.74, 6) is 0. The van der Waals surface area contributed by atoms with Crippen LogP contribution in [0.15, 0.2) is 40.6 Å². The molecule has 9 heteroatoms. The van der Waals surface area contributed by atoms with Crippen LogP contribution in [0, 0.1) is 0 Å². The first-order valence-electron chi connectivity index (χ1n) is 5.83. The molecule has 2 N–H and O–H groups in total. The summed E-state index contributed by atoms with van der Waals surface area (Å²) in [6, 6.07) is 1.22. The van der Waals surface area contributed by atoms with Crippen LogP contribution in [0.3, 0.4) is 0 Å². The van der Waals surface area contributed by atoms with Crippen LogP contribution in [-0.2, 0) is 4.74 Å². The van der Waals surface area contributed by atoms with E-state index in [1.807, 2.05) is 0 Å². The SMILES string of the molecule is O=c1ccn([C@@H]2O[C@H](CO)C=C2n2cncn2)c(=O)[nH]1. The van der Waals surface area contributed by atoms with Gasteiger partial charge in [0.15, 0.2) is 6.23 Å². The molecule has 9 nitrogen and oxygen atoms in total. The van der Waals surface area contributed by atoms with E-state index in [2.05, 4.69) is 15.1 Å². The number of aromatic nitrogens is 5. The first kappa shape index (κ1) is 12.5. The lowest BCUT2D eigenvalue weighted by Crippen LogP contribution is -2.33. The number of ether oxygens (including phenoxy) is 1. The van der Waals surface area contributed by atoms with E-state index in [-0.39, 0.29) is 6.61 Å². The van der Waals surface area contributed by atoms with Crippen molar-refractivity contribution in [3.8, 4) is 0 Å². The fourth-order valence-electron chi connectivity index (χ4n) is 1.99. The van der Waals surface area contributed by atoms with Crippen molar-refractivity contribution in [1.29, 1.82) is 0 Å². The lowest BCUT2D eigenvalue weighted by Gasteiger charge is -2.17. The highest BCUT2D eigenvalue weighted by Crippen LogP contribution is 2.30. The Kier molecular flexibility index (Phi) is 3.05. The zero-order valence-corrected chi connectivity index (χ0v) is 10.2. The van der Waals surface area contributed by atoms with Gasteiger partial charge in [-0.3, -0.25) is 14.3 Å². The van der Waals surface area contributed by atoms with Gasteiger partial charge in [0.05, 0.1) is 12.3 Å². The van der Waals surface area contributed by atoms with Crippen LogP contribution in [0.4, 0.5) is 0 Å². The molecule has 2 aromatic rings.